The Balaban J connectivity index is 2.62. The monoisotopic (exact) mass is 289 g/mol. The molecule has 0 saturated heterocycles. The highest BCUT2D eigenvalue weighted by molar-refractivity contribution is 5.68. The van der Waals surface area contributed by atoms with Crippen LogP contribution in [0, 0.1) is 12.7 Å². The van der Waals surface area contributed by atoms with Crippen LogP contribution in [0.4, 0.5) is 10.2 Å². The predicted molar refractivity (Wildman–Crippen MR) is 82.4 cm³/mol. The van der Waals surface area contributed by atoms with Crippen molar-refractivity contribution in [1.29, 1.82) is 0 Å². The standard InChI is InChI=1S/C16H20FN3O/c1-9(2)15-19-14(10(3)16(18-4)20-15)11-6-7-13(21-5)12(17)8-11/h6-9H,1-5H3,(H,18,19,20). The first-order valence-electron chi connectivity index (χ1n) is 6.88. The lowest BCUT2D eigenvalue weighted by atomic mass is 10.1. The molecule has 21 heavy (non-hydrogen) atoms. The maximum atomic E-state index is 13.9. The van der Waals surface area contributed by atoms with Crippen LogP contribution in [-0.4, -0.2) is 24.1 Å². The van der Waals surface area contributed by atoms with E-state index in [-0.39, 0.29) is 11.7 Å². The summed E-state index contributed by atoms with van der Waals surface area (Å²) in [6, 6.07) is 4.86. The molecule has 0 saturated carbocycles. The second kappa shape index (κ2) is 6.08. The summed E-state index contributed by atoms with van der Waals surface area (Å²) in [5, 5.41) is 3.07. The maximum absolute atomic E-state index is 13.9. The third-order valence-corrected chi connectivity index (χ3v) is 3.34. The Morgan fingerprint density at radius 3 is 2.48 bits per heavy atom. The van der Waals surface area contributed by atoms with Gasteiger partial charge >= 0.3 is 0 Å². The van der Waals surface area contributed by atoms with Gasteiger partial charge in [-0.25, -0.2) is 14.4 Å². The first-order chi connectivity index (χ1) is 9.97. The molecular formula is C16H20FN3O. The van der Waals surface area contributed by atoms with E-state index < -0.39 is 5.82 Å². The van der Waals surface area contributed by atoms with Gasteiger partial charge in [-0.3, -0.25) is 0 Å². The molecule has 2 aromatic rings. The molecular weight excluding hydrogens is 269 g/mol. The van der Waals surface area contributed by atoms with E-state index >= 15 is 0 Å². The highest BCUT2D eigenvalue weighted by atomic mass is 19.1. The average molecular weight is 289 g/mol. The minimum atomic E-state index is -0.398. The van der Waals surface area contributed by atoms with E-state index in [1.165, 1.54) is 13.2 Å². The van der Waals surface area contributed by atoms with Crippen LogP contribution in [0.2, 0.25) is 0 Å². The van der Waals surface area contributed by atoms with Gasteiger partial charge in [0.25, 0.3) is 0 Å². The third-order valence-electron chi connectivity index (χ3n) is 3.34. The minimum absolute atomic E-state index is 0.194. The van der Waals surface area contributed by atoms with Crippen molar-refractivity contribution in [2.45, 2.75) is 26.7 Å². The fourth-order valence-corrected chi connectivity index (χ4v) is 2.13. The van der Waals surface area contributed by atoms with Crippen molar-refractivity contribution in [3.8, 4) is 17.0 Å². The number of benzene rings is 1. The third kappa shape index (κ3) is 2.96. The molecule has 1 heterocycles. The van der Waals surface area contributed by atoms with Crippen LogP contribution in [0.15, 0.2) is 18.2 Å². The summed E-state index contributed by atoms with van der Waals surface area (Å²) in [5.74, 6) is 1.52. The molecule has 112 valence electrons. The summed E-state index contributed by atoms with van der Waals surface area (Å²) in [4.78, 5) is 9.08. The zero-order valence-electron chi connectivity index (χ0n) is 13.0. The molecule has 0 atom stereocenters. The Kier molecular flexibility index (Phi) is 4.40. The summed E-state index contributed by atoms with van der Waals surface area (Å²) in [6.07, 6.45) is 0. The van der Waals surface area contributed by atoms with Gasteiger partial charge in [-0.2, -0.15) is 0 Å². The molecule has 1 aromatic carbocycles. The Labute approximate surface area is 124 Å². The molecule has 0 fully saturated rings. The minimum Gasteiger partial charge on any atom is -0.494 e. The lowest BCUT2D eigenvalue weighted by Crippen LogP contribution is -2.06. The maximum Gasteiger partial charge on any atom is 0.165 e. The number of ether oxygens (including phenoxy) is 1. The van der Waals surface area contributed by atoms with Crippen molar-refractivity contribution in [1.82, 2.24) is 9.97 Å². The van der Waals surface area contributed by atoms with Crippen molar-refractivity contribution >= 4 is 5.82 Å². The van der Waals surface area contributed by atoms with E-state index in [0.29, 0.717) is 5.56 Å². The van der Waals surface area contributed by atoms with Crippen LogP contribution in [0.25, 0.3) is 11.3 Å². The van der Waals surface area contributed by atoms with Gasteiger partial charge in [0.15, 0.2) is 11.6 Å². The fraction of sp³-hybridized carbons (Fsp3) is 0.375. The molecule has 0 radical (unpaired) electrons. The van der Waals surface area contributed by atoms with Crippen LogP contribution >= 0.6 is 0 Å². The van der Waals surface area contributed by atoms with Gasteiger partial charge in [-0.1, -0.05) is 13.8 Å². The molecule has 1 aromatic heterocycles. The number of hydrogen-bond donors (Lipinski definition) is 1. The number of rotatable bonds is 4. The second-order valence-corrected chi connectivity index (χ2v) is 5.16. The molecule has 1 N–H and O–H groups in total. The molecule has 0 bridgehead atoms. The van der Waals surface area contributed by atoms with Crippen LogP contribution in [0.5, 0.6) is 5.75 Å². The molecule has 2 rings (SSSR count). The summed E-state index contributed by atoms with van der Waals surface area (Å²) >= 11 is 0. The first kappa shape index (κ1) is 15.2. The number of aromatic nitrogens is 2. The Morgan fingerprint density at radius 2 is 1.95 bits per heavy atom. The Hall–Kier alpha value is -2.17. The SMILES string of the molecule is CNc1nc(C(C)C)nc(-c2ccc(OC)c(F)c2)c1C. The van der Waals surface area contributed by atoms with Gasteiger partial charge in [0, 0.05) is 24.1 Å². The molecule has 0 aliphatic carbocycles. The van der Waals surface area contributed by atoms with E-state index in [1.54, 1.807) is 12.1 Å². The van der Waals surface area contributed by atoms with Gasteiger partial charge in [0.05, 0.1) is 12.8 Å². The Morgan fingerprint density at radius 1 is 1.24 bits per heavy atom. The quantitative estimate of drug-likeness (QED) is 0.931. The Bertz CT molecular complexity index is 656. The zero-order chi connectivity index (χ0) is 15.6. The van der Waals surface area contributed by atoms with Crippen LogP contribution in [-0.2, 0) is 0 Å². The van der Waals surface area contributed by atoms with E-state index in [0.717, 1.165) is 22.9 Å². The molecule has 0 unspecified atom stereocenters. The molecule has 0 aliphatic rings. The molecule has 0 aliphatic heterocycles. The van der Waals surface area contributed by atoms with E-state index in [4.69, 9.17) is 4.74 Å². The lowest BCUT2D eigenvalue weighted by Gasteiger charge is -2.14. The van der Waals surface area contributed by atoms with Crippen LogP contribution < -0.4 is 10.1 Å². The van der Waals surface area contributed by atoms with Crippen molar-refractivity contribution in [3.63, 3.8) is 0 Å². The second-order valence-electron chi connectivity index (χ2n) is 5.16. The largest absolute Gasteiger partial charge is 0.494 e. The molecule has 0 spiro atoms. The zero-order valence-corrected chi connectivity index (χ0v) is 13.0. The van der Waals surface area contributed by atoms with Crippen molar-refractivity contribution in [2.75, 3.05) is 19.5 Å². The summed E-state index contributed by atoms with van der Waals surface area (Å²) < 4.78 is 18.9. The highest BCUT2D eigenvalue weighted by Crippen LogP contribution is 2.30. The molecule has 4 nitrogen and oxygen atoms in total. The molecule has 0 amide bonds. The number of halogens is 1. The van der Waals surface area contributed by atoms with Crippen molar-refractivity contribution in [2.24, 2.45) is 0 Å². The number of methoxy groups -OCH3 is 1. The number of nitrogens with one attached hydrogen (secondary N) is 1. The number of anilines is 1. The van der Waals surface area contributed by atoms with Gasteiger partial charge < -0.3 is 10.1 Å². The van der Waals surface area contributed by atoms with E-state index in [2.05, 4.69) is 15.3 Å². The van der Waals surface area contributed by atoms with Crippen molar-refractivity contribution in [3.05, 3.63) is 35.4 Å². The summed E-state index contributed by atoms with van der Waals surface area (Å²) in [7, 11) is 3.27. The predicted octanol–water partition coefficient (Wildman–Crippen LogP) is 3.76. The van der Waals surface area contributed by atoms with Gasteiger partial charge in [-0.05, 0) is 25.1 Å². The van der Waals surface area contributed by atoms with Gasteiger partial charge in [0.2, 0.25) is 0 Å². The number of hydrogen-bond acceptors (Lipinski definition) is 4. The fourth-order valence-electron chi connectivity index (χ4n) is 2.13. The normalized spacial score (nSPS) is 10.8. The molecule has 5 heteroatoms. The van der Waals surface area contributed by atoms with Crippen molar-refractivity contribution < 1.29 is 9.13 Å². The van der Waals surface area contributed by atoms with E-state index in [1.807, 2.05) is 27.8 Å². The van der Waals surface area contributed by atoms with Crippen LogP contribution in [0.3, 0.4) is 0 Å². The smallest absolute Gasteiger partial charge is 0.165 e. The number of nitrogens with zero attached hydrogens (tertiary/aromatic N) is 2. The average Bonchev–Trinajstić information content (AvgIpc) is 2.47. The van der Waals surface area contributed by atoms with Gasteiger partial charge in [-0.15, -0.1) is 0 Å². The summed E-state index contributed by atoms with van der Waals surface area (Å²) in [5.41, 5.74) is 2.35. The van der Waals surface area contributed by atoms with Gasteiger partial charge in [0.1, 0.15) is 11.6 Å². The van der Waals surface area contributed by atoms with Crippen LogP contribution in [0.1, 0.15) is 31.2 Å². The topological polar surface area (TPSA) is 47.0 Å². The lowest BCUT2D eigenvalue weighted by molar-refractivity contribution is 0.386. The summed E-state index contributed by atoms with van der Waals surface area (Å²) in [6.45, 7) is 5.98. The highest BCUT2D eigenvalue weighted by Gasteiger charge is 2.15. The van der Waals surface area contributed by atoms with E-state index in [9.17, 15) is 4.39 Å². The first-order valence-corrected chi connectivity index (χ1v) is 6.88.